The Bertz CT molecular complexity index is 534. The van der Waals surface area contributed by atoms with Crippen LogP contribution in [0.25, 0.3) is 6.08 Å². The standard InChI is InChI=1S/C16H18F3NO2/c17-16(18,19)14-3-1-2-13(12-14)4-5-15(21)6-7-20-8-10-22-11-9-20/h1-5,12H,6-11H2. The van der Waals surface area contributed by atoms with Crippen LogP contribution in [0.1, 0.15) is 17.5 Å². The average Bonchev–Trinajstić information content (AvgIpc) is 2.51. The summed E-state index contributed by atoms with van der Waals surface area (Å²) in [5, 5.41) is 0. The second-order valence-corrected chi connectivity index (χ2v) is 5.13. The van der Waals surface area contributed by atoms with Gasteiger partial charge in [0.15, 0.2) is 5.78 Å². The molecular formula is C16H18F3NO2. The first-order valence-corrected chi connectivity index (χ1v) is 7.13. The van der Waals surface area contributed by atoms with Gasteiger partial charge in [-0.15, -0.1) is 0 Å². The van der Waals surface area contributed by atoms with Crippen molar-refractivity contribution in [2.24, 2.45) is 0 Å². The molecule has 0 unspecified atom stereocenters. The Balaban J connectivity index is 1.86. The van der Waals surface area contributed by atoms with Gasteiger partial charge in [0.1, 0.15) is 0 Å². The molecule has 120 valence electrons. The summed E-state index contributed by atoms with van der Waals surface area (Å²) in [5.74, 6) is -0.0936. The maximum absolute atomic E-state index is 12.6. The number of carbonyl (C=O) groups is 1. The number of hydrogen-bond donors (Lipinski definition) is 0. The van der Waals surface area contributed by atoms with Gasteiger partial charge in [-0.2, -0.15) is 13.2 Å². The molecule has 1 heterocycles. The third kappa shape index (κ3) is 5.27. The van der Waals surface area contributed by atoms with E-state index >= 15 is 0 Å². The molecule has 1 saturated heterocycles. The Kier molecular flexibility index (Phi) is 5.74. The summed E-state index contributed by atoms with van der Waals surface area (Å²) in [4.78, 5) is 13.9. The number of halogens is 3. The fourth-order valence-electron chi connectivity index (χ4n) is 2.18. The Morgan fingerprint density at radius 2 is 2.00 bits per heavy atom. The van der Waals surface area contributed by atoms with E-state index in [2.05, 4.69) is 4.90 Å². The lowest BCUT2D eigenvalue weighted by Gasteiger charge is -2.25. The van der Waals surface area contributed by atoms with E-state index < -0.39 is 11.7 Å². The van der Waals surface area contributed by atoms with Gasteiger partial charge in [-0.1, -0.05) is 18.2 Å². The number of carbonyl (C=O) groups excluding carboxylic acids is 1. The van der Waals surface area contributed by atoms with E-state index in [1.807, 2.05) is 0 Å². The zero-order valence-corrected chi connectivity index (χ0v) is 12.1. The van der Waals surface area contributed by atoms with Crippen LogP contribution in [-0.4, -0.2) is 43.5 Å². The van der Waals surface area contributed by atoms with Gasteiger partial charge in [-0.05, 0) is 23.8 Å². The molecular weight excluding hydrogens is 295 g/mol. The van der Waals surface area contributed by atoms with Crippen LogP contribution in [0.5, 0.6) is 0 Å². The van der Waals surface area contributed by atoms with Crippen molar-refractivity contribution < 1.29 is 22.7 Å². The van der Waals surface area contributed by atoms with Gasteiger partial charge in [0, 0.05) is 26.1 Å². The fraction of sp³-hybridized carbons (Fsp3) is 0.438. The maximum atomic E-state index is 12.6. The van der Waals surface area contributed by atoms with Crippen molar-refractivity contribution >= 4 is 11.9 Å². The predicted octanol–water partition coefficient (Wildman–Crippen LogP) is 3.01. The summed E-state index contributed by atoms with van der Waals surface area (Å²) in [6.45, 7) is 3.62. The minimum atomic E-state index is -4.37. The summed E-state index contributed by atoms with van der Waals surface area (Å²) in [6.07, 6.45) is -1.24. The fourth-order valence-corrected chi connectivity index (χ4v) is 2.18. The van der Waals surface area contributed by atoms with Gasteiger partial charge in [0.05, 0.1) is 18.8 Å². The van der Waals surface area contributed by atoms with E-state index in [1.54, 1.807) is 6.07 Å². The third-order valence-corrected chi connectivity index (χ3v) is 3.45. The van der Waals surface area contributed by atoms with Gasteiger partial charge in [0.2, 0.25) is 0 Å². The Morgan fingerprint density at radius 1 is 1.27 bits per heavy atom. The minimum absolute atomic E-state index is 0.0936. The quantitative estimate of drug-likeness (QED) is 0.783. The van der Waals surface area contributed by atoms with E-state index in [1.165, 1.54) is 18.2 Å². The van der Waals surface area contributed by atoms with Crippen molar-refractivity contribution in [1.29, 1.82) is 0 Å². The summed E-state index contributed by atoms with van der Waals surface area (Å²) in [7, 11) is 0. The number of ether oxygens (including phenoxy) is 1. The topological polar surface area (TPSA) is 29.5 Å². The smallest absolute Gasteiger partial charge is 0.379 e. The number of morpholine rings is 1. The molecule has 3 nitrogen and oxygen atoms in total. The van der Waals surface area contributed by atoms with Gasteiger partial charge in [-0.25, -0.2) is 0 Å². The summed E-state index contributed by atoms with van der Waals surface area (Å²) in [5.41, 5.74) is -0.343. The zero-order chi connectivity index (χ0) is 16.0. The first kappa shape index (κ1) is 16.7. The van der Waals surface area contributed by atoms with Crippen LogP contribution >= 0.6 is 0 Å². The van der Waals surface area contributed by atoms with Crippen LogP contribution in [0.4, 0.5) is 13.2 Å². The van der Waals surface area contributed by atoms with Crippen LogP contribution in [0.2, 0.25) is 0 Å². The molecule has 22 heavy (non-hydrogen) atoms. The summed E-state index contributed by atoms with van der Waals surface area (Å²) in [6, 6.07) is 4.92. The van der Waals surface area contributed by atoms with Crippen molar-refractivity contribution in [3.05, 3.63) is 41.5 Å². The molecule has 1 aliphatic rings. The monoisotopic (exact) mass is 313 g/mol. The highest BCUT2D eigenvalue weighted by Crippen LogP contribution is 2.29. The molecule has 0 N–H and O–H groups in total. The second-order valence-electron chi connectivity index (χ2n) is 5.13. The number of benzene rings is 1. The van der Waals surface area contributed by atoms with Crippen LogP contribution in [0.15, 0.2) is 30.3 Å². The minimum Gasteiger partial charge on any atom is -0.379 e. The van der Waals surface area contributed by atoms with E-state index in [-0.39, 0.29) is 5.78 Å². The number of ketones is 1. The summed E-state index contributed by atoms with van der Waals surface area (Å²) < 4.78 is 43.0. The van der Waals surface area contributed by atoms with E-state index in [9.17, 15) is 18.0 Å². The molecule has 1 aromatic rings. The molecule has 6 heteroatoms. The third-order valence-electron chi connectivity index (χ3n) is 3.45. The first-order valence-electron chi connectivity index (χ1n) is 7.13. The van der Waals surface area contributed by atoms with Gasteiger partial charge in [0.25, 0.3) is 0 Å². The lowest BCUT2D eigenvalue weighted by atomic mass is 10.1. The molecule has 1 fully saturated rings. The van der Waals surface area contributed by atoms with Crippen molar-refractivity contribution in [3.8, 4) is 0 Å². The highest BCUT2D eigenvalue weighted by Gasteiger charge is 2.30. The Hall–Kier alpha value is -1.66. The number of hydrogen-bond acceptors (Lipinski definition) is 3. The number of rotatable bonds is 5. The number of alkyl halides is 3. The molecule has 1 aliphatic heterocycles. The zero-order valence-electron chi connectivity index (χ0n) is 12.1. The Morgan fingerprint density at radius 3 is 2.68 bits per heavy atom. The second kappa shape index (κ2) is 7.56. The lowest BCUT2D eigenvalue weighted by Crippen LogP contribution is -2.37. The molecule has 0 radical (unpaired) electrons. The molecule has 0 amide bonds. The predicted molar refractivity (Wildman–Crippen MR) is 77.4 cm³/mol. The largest absolute Gasteiger partial charge is 0.416 e. The van der Waals surface area contributed by atoms with Crippen molar-refractivity contribution in [2.45, 2.75) is 12.6 Å². The Labute approximate surface area is 127 Å². The van der Waals surface area contributed by atoms with Crippen molar-refractivity contribution in [2.75, 3.05) is 32.8 Å². The molecule has 1 aromatic carbocycles. The van der Waals surface area contributed by atoms with Gasteiger partial charge >= 0.3 is 6.18 Å². The SMILES string of the molecule is O=C(C=Cc1cccc(C(F)(F)F)c1)CCN1CCOCC1. The highest BCUT2D eigenvalue weighted by atomic mass is 19.4. The van der Waals surface area contributed by atoms with Crippen molar-refractivity contribution in [1.82, 2.24) is 4.90 Å². The van der Waals surface area contributed by atoms with Crippen LogP contribution < -0.4 is 0 Å². The van der Waals surface area contributed by atoms with Gasteiger partial charge < -0.3 is 4.74 Å². The molecule has 0 saturated carbocycles. The lowest BCUT2D eigenvalue weighted by molar-refractivity contribution is -0.137. The normalized spacial score (nSPS) is 17.0. The molecule has 0 aromatic heterocycles. The van der Waals surface area contributed by atoms with Crippen LogP contribution in [0, 0.1) is 0 Å². The van der Waals surface area contributed by atoms with E-state index in [0.29, 0.717) is 31.7 Å². The molecule has 0 spiro atoms. The van der Waals surface area contributed by atoms with E-state index in [4.69, 9.17) is 4.74 Å². The average molecular weight is 313 g/mol. The molecule has 2 rings (SSSR count). The van der Waals surface area contributed by atoms with Gasteiger partial charge in [-0.3, -0.25) is 9.69 Å². The van der Waals surface area contributed by atoms with E-state index in [0.717, 1.165) is 25.2 Å². The molecule has 0 atom stereocenters. The van der Waals surface area contributed by atoms with Crippen LogP contribution in [-0.2, 0) is 15.7 Å². The van der Waals surface area contributed by atoms with Crippen molar-refractivity contribution in [3.63, 3.8) is 0 Å². The van der Waals surface area contributed by atoms with Crippen LogP contribution in [0.3, 0.4) is 0 Å². The maximum Gasteiger partial charge on any atom is 0.416 e. The summed E-state index contributed by atoms with van der Waals surface area (Å²) >= 11 is 0. The highest BCUT2D eigenvalue weighted by molar-refractivity contribution is 5.93. The molecule has 0 bridgehead atoms. The first-order chi connectivity index (χ1) is 10.4. The number of allylic oxidation sites excluding steroid dienone is 1. The molecule has 0 aliphatic carbocycles. The number of nitrogens with zero attached hydrogens (tertiary/aromatic N) is 1.